The molecule has 2 aromatic rings. The number of nitrogens with one attached hydrogen (secondary N) is 1. The molecule has 1 aliphatic rings. The highest BCUT2D eigenvalue weighted by Gasteiger charge is 2.33. The Labute approximate surface area is 129 Å². The Balaban J connectivity index is 1.55. The molecule has 0 bridgehead atoms. The number of aromatic nitrogens is 2. The van der Waals surface area contributed by atoms with Crippen molar-refractivity contribution in [1.82, 2.24) is 9.97 Å². The zero-order valence-corrected chi connectivity index (χ0v) is 12.9. The third-order valence-electron chi connectivity index (χ3n) is 3.44. The van der Waals surface area contributed by atoms with Crippen LogP contribution in [0, 0.1) is 5.41 Å². The number of thioether (sulfide) groups is 1. The van der Waals surface area contributed by atoms with E-state index in [1.807, 2.05) is 12.3 Å². The summed E-state index contributed by atoms with van der Waals surface area (Å²) in [7, 11) is 0. The molecule has 1 aliphatic heterocycles. The number of hydrogen-bond donors (Lipinski definition) is 1. The zero-order valence-electron chi connectivity index (χ0n) is 12.1. The van der Waals surface area contributed by atoms with E-state index in [1.165, 1.54) is 5.56 Å². The van der Waals surface area contributed by atoms with Gasteiger partial charge in [0.15, 0.2) is 0 Å². The molecular weight excluding hydrogens is 282 g/mol. The van der Waals surface area contributed by atoms with Crippen molar-refractivity contribution >= 4 is 17.6 Å². The zero-order chi connectivity index (χ0) is 14.5. The van der Waals surface area contributed by atoms with Gasteiger partial charge in [-0.15, -0.1) is 11.8 Å². The van der Waals surface area contributed by atoms with Gasteiger partial charge in [-0.05, 0) is 5.56 Å². The van der Waals surface area contributed by atoms with Crippen LogP contribution in [0.3, 0.4) is 0 Å². The van der Waals surface area contributed by atoms with E-state index in [4.69, 9.17) is 4.74 Å². The summed E-state index contributed by atoms with van der Waals surface area (Å²) in [6.45, 7) is 4.71. The molecule has 0 unspecified atom stereocenters. The van der Waals surface area contributed by atoms with Gasteiger partial charge < -0.3 is 10.1 Å². The summed E-state index contributed by atoms with van der Waals surface area (Å²) in [5, 5.41) is 4.30. The SMILES string of the molecule is CC1(CNc2cncc(SCc3ccccc3)n2)COC1. The van der Waals surface area contributed by atoms with E-state index < -0.39 is 0 Å². The molecule has 2 heterocycles. The molecule has 0 radical (unpaired) electrons. The van der Waals surface area contributed by atoms with E-state index in [0.717, 1.165) is 36.4 Å². The lowest BCUT2D eigenvalue weighted by Crippen LogP contribution is -2.45. The van der Waals surface area contributed by atoms with Gasteiger partial charge in [-0.1, -0.05) is 37.3 Å². The van der Waals surface area contributed by atoms with Crippen LogP contribution < -0.4 is 5.32 Å². The minimum atomic E-state index is 0.231. The van der Waals surface area contributed by atoms with Gasteiger partial charge in [-0.2, -0.15) is 0 Å². The molecule has 1 aromatic heterocycles. The van der Waals surface area contributed by atoms with Gasteiger partial charge in [-0.3, -0.25) is 4.98 Å². The average Bonchev–Trinajstić information content (AvgIpc) is 2.51. The molecule has 3 rings (SSSR count). The Morgan fingerprint density at radius 3 is 2.76 bits per heavy atom. The van der Waals surface area contributed by atoms with Gasteiger partial charge in [0.25, 0.3) is 0 Å². The number of hydrogen-bond acceptors (Lipinski definition) is 5. The molecule has 0 aliphatic carbocycles. The van der Waals surface area contributed by atoms with Crippen molar-refractivity contribution in [3.05, 3.63) is 48.3 Å². The van der Waals surface area contributed by atoms with E-state index in [1.54, 1.807) is 18.0 Å². The monoisotopic (exact) mass is 301 g/mol. The van der Waals surface area contributed by atoms with E-state index in [9.17, 15) is 0 Å². The number of ether oxygens (including phenoxy) is 1. The van der Waals surface area contributed by atoms with Crippen LogP contribution in [0.15, 0.2) is 47.8 Å². The highest BCUT2D eigenvalue weighted by atomic mass is 32.2. The summed E-state index contributed by atoms with van der Waals surface area (Å²) in [6.07, 6.45) is 3.59. The minimum Gasteiger partial charge on any atom is -0.380 e. The fourth-order valence-electron chi connectivity index (χ4n) is 2.09. The fourth-order valence-corrected chi connectivity index (χ4v) is 2.90. The van der Waals surface area contributed by atoms with Crippen LogP contribution in [0.4, 0.5) is 5.82 Å². The van der Waals surface area contributed by atoms with E-state index in [-0.39, 0.29) is 5.41 Å². The number of benzene rings is 1. The first kappa shape index (κ1) is 14.4. The highest BCUT2D eigenvalue weighted by molar-refractivity contribution is 7.98. The van der Waals surface area contributed by atoms with Crippen LogP contribution in [0.2, 0.25) is 0 Å². The maximum Gasteiger partial charge on any atom is 0.145 e. The van der Waals surface area contributed by atoms with Crippen molar-refractivity contribution in [3.63, 3.8) is 0 Å². The smallest absolute Gasteiger partial charge is 0.145 e. The predicted octanol–water partition coefficient (Wildman–Crippen LogP) is 3.22. The first-order valence-electron chi connectivity index (χ1n) is 7.04. The van der Waals surface area contributed by atoms with Crippen molar-refractivity contribution < 1.29 is 4.74 Å². The minimum absolute atomic E-state index is 0.231. The van der Waals surface area contributed by atoms with Crippen molar-refractivity contribution in [2.75, 3.05) is 25.1 Å². The van der Waals surface area contributed by atoms with Crippen LogP contribution in [0.5, 0.6) is 0 Å². The number of nitrogens with zero attached hydrogens (tertiary/aromatic N) is 2. The Hall–Kier alpha value is -1.59. The standard InChI is InChI=1S/C16H19N3OS/c1-16(11-20-12-16)10-18-14-7-17-8-15(19-14)21-9-13-5-3-2-4-6-13/h2-8H,9-12H2,1H3,(H,18,19). The van der Waals surface area contributed by atoms with Crippen LogP contribution >= 0.6 is 11.8 Å². The summed E-state index contributed by atoms with van der Waals surface area (Å²) in [6, 6.07) is 10.4. The Morgan fingerprint density at radius 2 is 2.05 bits per heavy atom. The third kappa shape index (κ3) is 3.95. The second kappa shape index (κ2) is 6.45. The summed E-state index contributed by atoms with van der Waals surface area (Å²) in [5.74, 6) is 1.74. The maximum absolute atomic E-state index is 5.26. The van der Waals surface area contributed by atoms with Crippen LogP contribution in [-0.4, -0.2) is 29.7 Å². The second-order valence-electron chi connectivity index (χ2n) is 5.67. The predicted molar refractivity (Wildman–Crippen MR) is 85.5 cm³/mol. The van der Waals surface area contributed by atoms with Gasteiger partial charge in [0.05, 0.1) is 25.6 Å². The van der Waals surface area contributed by atoms with Gasteiger partial charge in [0.1, 0.15) is 10.8 Å². The lowest BCUT2D eigenvalue weighted by Gasteiger charge is -2.38. The maximum atomic E-state index is 5.26. The first-order valence-corrected chi connectivity index (χ1v) is 8.03. The van der Waals surface area contributed by atoms with Crippen LogP contribution in [0.25, 0.3) is 0 Å². The molecule has 0 saturated carbocycles. The molecule has 1 N–H and O–H groups in total. The fraction of sp³-hybridized carbons (Fsp3) is 0.375. The summed E-state index contributed by atoms with van der Waals surface area (Å²) >= 11 is 1.70. The van der Waals surface area contributed by atoms with Crippen molar-refractivity contribution in [1.29, 1.82) is 0 Å². The lowest BCUT2D eigenvalue weighted by molar-refractivity contribution is -0.0924. The lowest BCUT2D eigenvalue weighted by atomic mass is 9.89. The van der Waals surface area contributed by atoms with Crippen LogP contribution in [-0.2, 0) is 10.5 Å². The van der Waals surface area contributed by atoms with Gasteiger partial charge >= 0.3 is 0 Å². The summed E-state index contributed by atoms with van der Waals surface area (Å²) in [4.78, 5) is 8.86. The molecule has 21 heavy (non-hydrogen) atoms. The molecule has 0 spiro atoms. The molecule has 1 saturated heterocycles. The molecule has 1 aromatic carbocycles. The average molecular weight is 301 g/mol. The van der Waals surface area contributed by atoms with E-state index in [2.05, 4.69) is 46.5 Å². The molecule has 0 atom stereocenters. The molecule has 0 amide bonds. The van der Waals surface area contributed by atoms with Crippen molar-refractivity contribution in [2.24, 2.45) is 5.41 Å². The van der Waals surface area contributed by atoms with Crippen molar-refractivity contribution in [3.8, 4) is 0 Å². The third-order valence-corrected chi connectivity index (χ3v) is 4.41. The molecule has 110 valence electrons. The van der Waals surface area contributed by atoms with Gasteiger partial charge in [0.2, 0.25) is 0 Å². The Kier molecular flexibility index (Phi) is 4.41. The highest BCUT2D eigenvalue weighted by Crippen LogP contribution is 2.27. The number of rotatable bonds is 6. The quantitative estimate of drug-likeness (QED) is 0.830. The Morgan fingerprint density at radius 1 is 1.24 bits per heavy atom. The van der Waals surface area contributed by atoms with Gasteiger partial charge in [-0.25, -0.2) is 4.98 Å². The number of anilines is 1. The summed E-state index contributed by atoms with van der Waals surface area (Å²) < 4.78 is 5.26. The second-order valence-corrected chi connectivity index (χ2v) is 6.67. The van der Waals surface area contributed by atoms with E-state index >= 15 is 0 Å². The van der Waals surface area contributed by atoms with E-state index in [0.29, 0.717) is 0 Å². The summed E-state index contributed by atoms with van der Waals surface area (Å²) in [5.41, 5.74) is 1.52. The molecule has 4 nitrogen and oxygen atoms in total. The van der Waals surface area contributed by atoms with Crippen LogP contribution in [0.1, 0.15) is 12.5 Å². The van der Waals surface area contributed by atoms with Gasteiger partial charge in [0, 0.05) is 17.7 Å². The normalized spacial score (nSPS) is 16.2. The molecule has 1 fully saturated rings. The topological polar surface area (TPSA) is 47.0 Å². The first-order chi connectivity index (χ1) is 10.2. The largest absolute Gasteiger partial charge is 0.380 e. The molecular formula is C16H19N3OS. The molecule has 5 heteroatoms. The van der Waals surface area contributed by atoms with Crippen molar-refractivity contribution in [2.45, 2.75) is 17.7 Å². The Bertz CT molecular complexity index is 587.